The third-order valence-electron chi connectivity index (χ3n) is 4.72. The predicted octanol–water partition coefficient (Wildman–Crippen LogP) is 2.94. The third-order valence-corrected chi connectivity index (χ3v) is 4.72. The van der Waals surface area contributed by atoms with Crippen LogP contribution < -0.4 is 20.3 Å². The lowest BCUT2D eigenvalue weighted by atomic mass is 10.1. The summed E-state index contributed by atoms with van der Waals surface area (Å²) in [5, 5.41) is 5.71. The number of carbonyl (C=O) groups excluding carboxylic acids is 2. The summed E-state index contributed by atoms with van der Waals surface area (Å²) in [5.74, 6) is 0.981. The minimum Gasteiger partial charge on any atom is -0.488 e. The van der Waals surface area contributed by atoms with Crippen molar-refractivity contribution < 1.29 is 14.3 Å². The number of ether oxygens (including phenoxy) is 1. The van der Waals surface area contributed by atoms with E-state index < -0.39 is 0 Å². The number of amides is 3. The van der Waals surface area contributed by atoms with E-state index in [9.17, 15) is 9.59 Å². The average molecular weight is 351 g/mol. The molecule has 1 atom stereocenters. The molecule has 0 saturated carbocycles. The zero-order valence-corrected chi connectivity index (χ0v) is 14.4. The Kier molecular flexibility index (Phi) is 4.48. The van der Waals surface area contributed by atoms with Crippen molar-refractivity contribution in [1.29, 1.82) is 0 Å². The van der Waals surface area contributed by atoms with Gasteiger partial charge < -0.3 is 20.3 Å². The Balaban J connectivity index is 1.35. The van der Waals surface area contributed by atoms with Crippen LogP contribution in [0.4, 0.5) is 16.2 Å². The second kappa shape index (κ2) is 7.07. The van der Waals surface area contributed by atoms with E-state index in [1.807, 2.05) is 48.5 Å². The summed E-state index contributed by atoms with van der Waals surface area (Å²) in [5.41, 5.74) is 2.54. The average Bonchev–Trinajstić information content (AvgIpc) is 3.26. The molecule has 134 valence electrons. The Bertz CT molecular complexity index is 812. The first-order chi connectivity index (χ1) is 12.7. The van der Waals surface area contributed by atoms with Crippen LogP contribution in [0, 0.1) is 0 Å². The number of anilines is 2. The summed E-state index contributed by atoms with van der Waals surface area (Å²) in [7, 11) is 0. The first kappa shape index (κ1) is 16.4. The number of carbonyl (C=O) groups is 2. The predicted molar refractivity (Wildman–Crippen MR) is 99.6 cm³/mol. The van der Waals surface area contributed by atoms with Crippen molar-refractivity contribution in [3.05, 3.63) is 54.1 Å². The van der Waals surface area contributed by atoms with Gasteiger partial charge in [-0.15, -0.1) is 0 Å². The Labute approximate surface area is 152 Å². The van der Waals surface area contributed by atoms with E-state index in [0.717, 1.165) is 29.8 Å². The number of benzene rings is 2. The Hall–Kier alpha value is -3.02. The number of hydrogen-bond acceptors (Lipinski definition) is 3. The summed E-state index contributed by atoms with van der Waals surface area (Å²) >= 11 is 0. The van der Waals surface area contributed by atoms with E-state index in [1.165, 1.54) is 0 Å². The number of urea groups is 1. The highest BCUT2D eigenvalue weighted by atomic mass is 16.5. The fraction of sp³-hybridized carbons (Fsp3) is 0.300. The third kappa shape index (κ3) is 3.35. The maximum atomic E-state index is 12.3. The molecule has 2 N–H and O–H groups in total. The highest BCUT2D eigenvalue weighted by molar-refractivity contribution is 6.01. The summed E-state index contributed by atoms with van der Waals surface area (Å²) < 4.78 is 5.83. The smallest absolute Gasteiger partial charge is 0.319 e. The van der Waals surface area contributed by atoms with Gasteiger partial charge in [0.05, 0.1) is 17.9 Å². The van der Waals surface area contributed by atoms with Crippen molar-refractivity contribution in [2.75, 3.05) is 23.3 Å². The molecule has 26 heavy (non-hydrogen) atoms. The van der Waals surface area contributed by atoms with Gasteiger partial charge >= 0.3 is 6.03 Å². The SMILES string of the molecule is O=C(NCC1Cc2ccccc2O1)Nc1ccccc1N1CCCC1=O. The van der Waals surface area contributed by atoms with Crippen LogP contribution >= 0.6 is 0 Å². The maximum absolute atomic E-state index is 12.3. The molecule has 1 saturated heterocycles. The van der Waals surface area contributed by atoms with Gasteiger partial charge in [0, 0.05) is 19.4 Å². The van der Waals surface area contributed by atoms with Crippen molar-refractivity contribution in [3.8, 4) is 5.75 Å². The molecule has 4 rings (SSSR count). The van der Waals surface area contributed by atoms with Gasteiger partial charge in [-0.2, -0.15) is 0 Å². The van der Waals surface area contributed by atoms with Crippen LogP contribution in [0.25, 0.3) is 0 Å². The second-order valence-electron chi connectivity index (χ2n) is 6.55. The van der Waals surface area contributed by atoms with Crippen LogP contribution in [0.15, 0.2) is 48.5 Å². The first-order valence-electron chi connectivity index (χ1n) is 8.89. The zero-order valence-electron chi connectivity index (χ0n) is 14.4. The molecule has 0 spiro atoms. The number of hydrogen-bond donors (Lipinski definition) is 2. The van der Waals surface area contributed by atoms with Crippen molar-refractivity contribution in [2.45, 2.75) is 25.4 Å². The lowest BCUT2D eigenvalue weighted by Crippen LogP contribution is -2.37. The Morgan fingerprint density at radius 2 is 1.96 bits per heavy atom. The molecule has 6 heteroatoms. The lowest BCUT2D eigenvalue weighted by Gasteiger charge is -2.20. The van der Waals surface area contributed by atoms with Crippen molar-refractivity contribution in [2.24, 2.45) is 0 Å². The van der Waals surface area contributed by atoms with E-state index in [4.69, 9.17) is 4.74 Å². The van der Waals surface area contributed by atoms with Crippen molar-refractivity contribution in [1.82, 2.24) is 5.32 Å². The molecule has 1 fully saturated rings. The van der Waals surface area contributed by atoms with Crippen LogP contribution in [0.5, 0.6) is 5.75 Å². The summed E-state index contributed by atoms with van der Waals surface area (Å²) in [6.07, 6.45) is 2.13. The molecule has 0 aromatic heterocycles. The molecular weight excluding hydrogens is 330 g/mol. The van der Waals surface area contributed by atoms with Crippen molar-refractivity contribution in [3.63, 3.8) is 0 Å². The minimum atomic E-state index is -0.302. The van der Waals surface area contributed by atoms with Crippen LogP contribution in [0.1, 0.15) is 18.4 Å². The Morgan fingerprint density at radius 3 is 2.77 bits per heavy atom. The number of rotatable bonds is 4. The summed E-state index contributed by atoms with van der Waals surface area (Å²) in [6, 6.07) is 15.0. The van der Waals surface area contributed by atoms with Crippen LogP contribution in [0.2, 0.25) is 0 Å². The van der Waals surface area contributed by atoms with Gasteiger partial charge in [0.25, 0.3) is 0 Å². The highest BCUT2D eigenvalue weighted by Gasteiger charge is 2.25. The van der Waals surface area contributed by atoms with Gasteiger partial charge in [0.15, 0.2) is 0 Å². The van der Waals surface area contributed by atoms with E-state index in [2.05, 4.69) is 10.6 Å². The molecule has 1 unspecified atom stereocenters. The number of fused-ring (bicyclic) bond motifs is 1. The maximum Gasteiger partial charge on any atom is 0.319 e. The molecular formula is C20H21N3O3. The van der Waals surface area contributed by atoms with E-state index in [-0.39, 0.29) is 18.0 Å². The van der Waals surface area contributed by atoms with E-state index in [0.29, 0.717) is 25.2 Å². The lowest BCUT2D eigenvalue weighted by molar-refractivity contribution is -0.117. The largest absolute Gasteiger partial charge is 0.488 e. The van der Waals surface area contributed by atoms with Gasteiger partial charge in [-0.25, -0.2) is 4.79 Å². The van der Waals surface area contributed by atoms with Crippen LogP contribution in [0.3, 0.4) is 0 Å². The highest BCUT2D eigenvalue weighted by Crippen LogP contribution is 2.30. The molecule has 0 aliphatic carbocycles. The fourth-order valence-electron chi connectivity index (χ4n) is 3.46. The Morgan fingerprint density at radius 1 is 1.15 bits per heavy atom. The standard InChI is InChI=1S/C20H21N3O3/c24-19-10-5-11-23(19)17-8-3-2-7-16(17)22-20(25)21-13-15-12-14-6-1-4-9-18(14)26-15/h1-4,6-9,15H,5,10-13H2,(H2,21,22,25). The van der Waals surface area contributed by atoms with Gasteiger partial charge in [0.1, 0.15) is 11.9 Å². The topological polar surface area (TPSA) is 70.7 Å². The normalized spacial score (nSPS) is 18.4. The first-order valence-corrected chi connectivity index (χ1v) is 8.89. The number of para-hydroxylation sites is 3. The minimum absolute atomic E-state index is 0.0615. The van der Waals surface area contributed by atoms with Gasteiger partial charge in [-0.1, -0.05) is 30.3 Å². The molecule has 2 heterocycles. The number of nitrogens with zero attached hydrogens (tertiary/aromatic N) is 1. The summed E-state index contributed by atoms with van der Waals surface area (Å²) in [6.45, 7) is 1.11. The monoisotopic (exact) mass is 351 g/mol. The second-order valence-corrected chi connectivity index (χ2v) is 6.55. The zero-order chi connectivity index (χ0) is 17.9. The molecule has 2 aliphatic heterocycles. The molecule has 2 aliphatic rings. The quantitative estimate of drug-likeness (QED) is 0.890. The fourth-order valence-corrected chi connectivity index (χ4v) is 3.46. The molecule has 6 nitrogen and oxygen atoms in total. The van der Waals surface area contributed by atoms with Crippen molar-refractivity contribution >= 4 is 23.3 Å². The van der Waals surface area contributed by atoms with Gasteiger partial charge in [-0.05, 0) is 30.2 Å². The van der Waals surface area contributed by atoms with E-state index in [1.54, 1.807) is 4.90 Å². The summed E-state index contributed by atoms with van der Waals surface area (Å²) in [4.78, 5) is 26.0. The van der Waals surface area contributed by atoms with Gasteiger partial charge in [0.2, 0.25) is 5.91 Å². The van der Waals surface area contributed by atoms with Gasteiger partial charge in [-0.3, -0.25) is 4.79 Å². The van der Waals surface area contributed by atoms with E-state index >= 15 is 0 Å². The molecule has 2 aromatic rings. The molecule has 3 amide bonds. The molecule has 2 aromatic carbocycles. The molecule has 0 bridgehead atoms. The molecule has 0 radical (unpaired) electrons. The number of nitrogens with one attached hydrogen (secondary N) is 2. The van der Waals surface area contributed by atoms with Crippen LogP contribution in [-0.2, 0) is 11.2 Å². The van der Waals surface area contributed by atoms with Crippen LogP contribution in [-0.4, -0.2) is 31.1 Å².